The number of aliphatic hydroxyl groups excluding tert-OH is 2. The van der Waals surface area contributed by atoms with Crippen LogP contribution in [0.4, 0.5) is 0 Å². The number of aliphatic hydroxyl groups is 2. The van der Waals surface area contributed by atoms with Crippen LogP contribution in [0, 0.1) is 25.2 Å². The minimum atomic E-state index is -1.50. The Labute approximate surface area is 406 Å². The van der Waals surface area contributed by atoms with Crippen LogP contribution in [0.1, 0.15) is 66.1 Å². The third-order valence-electron chi connectivity index (χ3n) is 11.3. The highest BCUT2D eigenvalue weighted by Gasteiger charge is 2.36. The van der Waals surface area contributed by atoms with E-state index in [2.05, 4.69) is 31.2 Å². The molecule has 0 spiro atoms. The van der Waals surface area contributed by atoms with Crippen LogP contribution in [0.3, 0.4) is 0 Å². The van der Waals surface area contributed by atoms with Gasteiger partial charge in [-0.3, -0.25) is 24.0 Å². The van der Waals surface area contributed by atoms with Gasteiger partial charge in [-0.25, -0.2) is 9.97 Å². The van der Waals surface area contributed by atoms with Gasteiger partial charge >= 0.3 is 0 Å². The normalized spacial score (nSPS) is 17.1. The van der Waals surface area contributed by atoms with Crippen LogP contribution >= 0.6 is 0 Å². The monoisotopic (exact) mass is 965 g/mol. The van der Waals surface area contributed by atoms with E-state index in [0.29, 0.717) is 45.2 Å². The number of nitrogens with two attached hydrogens (primary N) is 3. The van der Waals surface area contributed by atoms with E-state index in [4.69, 9.17) is 31.4 Å². The van der Waals surface area contributed by atoms with Gasteiger partial charge in [0.2, 0.25) is 23.6 Å². The molecule has 0 radical (unpaired) electrons. The van der Waals surface area contributed by atoms with Gasteiger partial charge in [-0.15, -0.1) is 0 Å². The van der Waals surface area contributed by atoms with Crippen LogP contribution in [0.25, 0.3) is 22.5 Å². The van der Waals surface area contributed by atoms with Crippen LogP contribution < -0.4 is 52.7 Å². The number of amides is 5. The highest BCUT2D eigenvalue weighted by Crippen LogP contribution is 2.40. The molecule has 1 aromatic heterocycles. The van der Waals surface area contributed by atoms with Crippen molar-refractivity contribution in [2.24, 2.45) is 17.2 Å². The Morgan fingerprint density at radius 2 is 1.49 bits per heavy atom. The standard InChI is InChI=1S/C49H63N11O10/c1-26(2)70-35-11-8-31(9-12-35)44-55-27(3)42(28(4)56-44)47(65)58-38(15-16-50)49(67)60(6)43-32-10-14-41(69-25-34(62)23-53)37(21-32)36-19-30(7-13-40(36)68-24-33(61)22-52)20-39(46(64)54-18-17-51)59-45(63)29(5)57-48(43)66/h7-14,19,21,26,29,33-34,38-39,43,61-62H,15-16,18,20,22-25,50,52-53H2,1-6H3,(H,54,64)(H,57,66)(H,58,65)(H,59,63). The summed E-state index contributed by atoms with van der Waals surface area (Å²) in [5.74, 6) is -2.19. The third-order valence-corrected chi connectivity index (χ3v) is 11.3. The van der Waals surface area contributed by atoms with Crippen molar-refractivity contribution < 1.29 is 48.4 Å². The van der Waals surface area contributed by atoms with Gasteiger partial charge in [-0.1, -0.05) is 12.1 Å². The highest BCUT2D eigenvalue weighted by molar-refractivity contribution is 6.00. The average molecular weight is 966 g/mol. The van der Waals surface area contributed by atoms with Gasteiger partial charge in [0.15, 0.2) is 5.82 Å². The molecule has 21 nitrogen and oxygen atoms in total. The Kier molecular flexibility index (Phi) is 19.1. The summed E-state index contributed by atoms with van der Waals surface area (Å²) in [6, 6.07) is 13.3. The SMILES string of the molecule is Cc1nc(-c2ccc(OC(C)C)cc2)nc(C)c1C(=O)NC(CCN)C(=O)N(C)C1C(=O)NC(C)C(=O)NC(C(=O)NCC#N)Cc2ccc(OCC(O)CN)c(c2)-c2cc1ccc2OCC(O)CN. The number of carbonyl (C=O) groups excluding carboxylic acids is 5. The lowest BCUT2D eigenvalue weighted by molar-refractivity contribution is -0.141. The lowest BCUT2D eigenvalue weighted by atomic mass is 9.93. The van der Waals surface area contributed by atoms with Crippen molar-refractivity contribution in [3.05, 3.63) is 88.7 Å². The zero-order valence-corrected chi connectivity index (χ0v) is 40.2. The summed E-state index contributed by atoms with van der Waals surface area (Å²) in [4.78, 5) is 81.2. The van der Waals surface area contributed by atoms with Gasteiger partial charge < -0.3 is 67.8 Å². The molecule has 6 atom stereocenters. The van der Waals surface area contributed by atoms with E-state index in [9.17, 15) is 39.4 Å². The topological polar surface area (TPSA) is 332 Å². The van der Waals surface area contributed by atoms with Crippen LogP contribution in [0.15, 0.2) is 60.7 Å². The molecule has 0 fully saturated rings. The number of carbonyl (C=O) groups is 5. The molecule has 3 aromatic carbocycles. The Hall–Kier alpha value is -7.22. The Morgan fingerprint density at radius 1 is 0.886 bits per heavy atom. The molecule has 6 unspecified atom stereocenters. The first-order valence-corrected chi connectivity index (χ1v) is 22.8. The summed E-state index contributed by atoms with van der Waals surface area (Å²) in [6.07, 6.45) is -2.28. The number of likely N-dealkylation sites (N-methyl/N-ethyl adjacent to an activating group) is 1. The number of hydrogen-bond donors (Lipinski definition) is 9. The molecule has 4 bridgehead atoms. The molecular formula is C49H63N11O10. The predicted molar refractivity (Wildman–Crippen MR) is 258 cm³/mol. The minimum absolute atomic E-state index is 0.0142. The molecule has 2 heterocycles. The first-order chi connectivity index (χ1) is 33.4. The van der Waals surface area contributed by atoms with Crippen molar-refractivity contribution in [3.63, 3.8) is 0 Å². The second-order valence-electron chi connectivity index (χ2n) is 17.1. The first-order valence-electron chi connectivity index (χ1n) is 22.8. The van der Waals surface area contributed by atoms with Crippen molar-refractivity contribution in [2.75, 3.05) is 46.4 Å². The predicted octanol–water partition coefficient (Wildman–Crippen LogP) is 0.444. The maximum Gasteiger partial charge on any atom is 0.255 e. The number of benzene rings is 3. The number of nitriles is 1. The summed E-state index contributed by atoms with van der Waals surface area (Å²) in [5.41, 5.74) is 20.3. The van der Waals surface area contributed by atoms with Gasteiger partial charge in [0.25, 0.3) is 5.91 Å². The van der Waals surface area contributed by atoms with E-state index in [0.717, 1.165) is 4.90 Å². The van der Waals surface area contributed by atoms with Crippen molar-refractivity contribution in [3.8, 4) is 45.8 Å². The van der Waals surface area contributed by atoms with Crippen molar-refractivity contribution in [1.82, 2.24) is 36.1 Å². The fraction of sp³-hybridized carbons (Fsp3) is 0.429. The number of rotatable bonds is 19. The summed E-state index contributed by atoms with van der Waals surface area (Å²) in [5, 5.41) is 40.6. The smallest absolute Gasteiger partial charge is 0.255 e. The van der Waals surface area contributed by atoms with Crippen LogP contribution in [-0.2, 0) is 25.6 Å². The quantitative estimate of drug-likeness (QED) is 0.0576. The number of aromatic nitrogens is 2. The molecule has 5 rings (SSSR count). The molecule has 21 heteroatoms. The number of hydrogen-bond acceptors (Lipinski definition) is 16. The maximum atomic E-state index is 14.8. The van der Waals surface area contributed by atoms with Crippen LogP contribution in [0.5, 0.6) is 17.2 Å². The Morgan fingerprint density at radius 3 is 2.06 bits per heavy atom. The van der Waals surface area contributed by atoms with Gasteiger partial charge in [-0.05, 0) is 107 Å². The molecule has 374 valence electrons. The van der Waals surface area contributed by atoms with Crippen molar-refractivity contribution in [1.29, 1.82) is 5.26 Å². The number of nitrogens with one attached hydrogen (secondary N) is 4. The van der Waals surface area contributed by atoms with E-state index >= 15 is 0 Å². The first kappa shape index (κ1) is 53.7. The minimum Gasteiger partial charge on any atom is -0.491 e. The molecule has 12 N–H and O–H groups in total. The average Bonchev–Trinajstić information content (AvgIpc) is 3.33. The number of fused-ring (bicyclic) bond motifs is 5. The molecule has 1 aliphatic rings. The lowest BCUT2D eigenvalue weighted by Crippen LogP contribution is -2.56. The molecule has 5 amide bonds. The number of ether oxygens (including phenoxy) is 3. The van der Waals surface area contributed by atoms with E-state index in [1.54, 1.807) is 50.2 Å². The molecule has 0 aliphatic carbocycles. The molecule has 4 aromatic rings. The van der Waals surface area contributed by atoms with Crippen LogP contribution in [-0.4, -0.2) is 137 Å². The van der Waals surface area contributed by atoms with Gasteiger partial charge in [0, 0.05) is 43.2 Å². The Bertz CT molecular complexity index is 2530. The molecule has 0 saturated carbocycles. The second-order valence-corrected chi connectivity index (χ2v) is 17.1. The van der Waals surface area contributed by atoms with Gasteiger partial charge in [0.1, 0.15) is 73.4 Å². The van der Waals surface area contributed by atoms with E-state index in [-0.39, 0.29) is 81.0 Å². The summed E-state index contributed by atoms with van der Waals surface area (Å²) in [6.45, 7) is 7.45. The summed E-state index contributed by atoms with van der Waals surface area (Å²) < 4.78 is 17.9. The van der Waals surface area contributed by atoms with Crippen molar-refractivity contribution >= 4 is 29.5 Å². The number of nitrogens with zero attached hydrogens (tertiary/aromatic N) is 4. The van der Waals surface area contributed by atoms with Gasteiger partial charge in [-0.2, -0.15) is 5.26 Å². The second kappa shape index (κ2) is 24.9. The number of aryl methyl sites for hydroxylation is 2. The zero-order chi connectivity index (χ0) is 51.2. The molecule has 70 heavy (non-hydrogen) atoms. The largest absolute Gasteiger partial charge is 0.491 e. The fourth-order valence-corrected chi connectivity index (χ4v) is 7.66. The van der Waals surface area contributed by atoms with Crippen LogP contribution in [0.2, 0.25) is 0 Å². The molecule has 1 aliphatic heterocycles. The van der Waals surface area contributed by atoms with Gasteiger partial charge in [0.05, 0.1) is 29.1 Å². The maximum absolute atomic E-state index is 14.8. The Balaban J connectivity index is 1.60. The summed E-state index contributed by atoms with van der Waals surface area (Å²) in [7, 11) is 1.36. The zero-order valence-electron chi connectivity index (χ0n) is 40.2. The molecular weight excluding hydrogens is 903 g/mol. The highest BCUT2D eigenvalue weighted by atomic mass is 16.5. The molecule has 0 saturated heterocycles. The van der Waals surface area contributed by atoms with E-state index in [1.165, 1.54) is 26.1 Å². The van der Waals surface area contributed by atoms with E-state index in [1.807, 2.05) is 32.0 Å². The third kappa shape index (κ3) is 13.7. The summed E-state index contributed by atoms with van der Waals surface area (Å²) >= 11 is 0. The van der Waals surface area contributed by atoms with Crippen molar-refractivity contribution in [2.45, 2.75) is 89.9 Å². The van der Waals surface area contributed by atoms with E-state index < -0.39 is 65.9 Å². The lowest BCUT2D eigenvalue weighted by Gasteiger charge is -2.32. The fourth-order valence-electron chi connectivity index (χ4n) is 7.66.